The molecule has 0 atom stereocenters. The molecule has 31 heavy (non-hydrogen) atoms. The van der Waals surface area contributed by atoms with Crippen molar-refractivity contribution < 1.29 is 18.4 Å². The van der Waals surface area contributed by atoms with Gasteiger partial charge >= 0.3 is 0 Å². The summed E-state index contributed by atoms with van der Waals surface area (Å²) in [6.45, 7) is 3.91. The van der Waals surface area contributed by atoms with Crippen LogP contribution in [0.2, 0.25) is 0 Å². The first-order chi connectivity index (χ1) is 15.0. The average Bonchev–Trinajstić information content (AvgIpc) is 3.24. The largest absolute Gasteiger partial charge is 0.380 e. The maximum atomic E-state index is 14.2. The lowest BCUT2D eigenvalue weighted by molar-refractivity contribution is 0.101. The number of halogens is 1. The number of Topliss-reactive ketones (excluding diaryl/α,β-unsaturated/α-hetero) is 1. The maximum Gasteiger partial charge on any atom is 0.258 e. The van der Waals surface area contributed by atoms with Gasteiger partial charge in [-0.05, 0) is 73.2 Å². The van der Waals surface area contributed by atoms with E-state index in [2.05, 4.69) is 35.3 Å². The van der Waals surface area contributed by atoms with Crippen LogP contribution in [-0.4, -0.2) is 23.0 Å². The number of ketones is 1. The number of hydrogen-bond acceptors (Lipinski definition) is 5. The third-order valence-corrected chi connectivity index (χ3v) is 5.41. The molecule has 1 aromatic heterocycles. The Bertz CT molecular complexity index is 1210. The molecule has 0 bridgehead atoms. The highest BCUT2D eigenvalue weighted by molar-refractivity contribution is 5.94. The number of benzene rings is 2. The van der Waals surface area contributed by atoms with Crippen LogP contribution in [0.3, 0.4) is 0 Å². The van der Waals surface area contributed by atoms with E-state index < -0.39 is 5.82 Å². The molecular weight excluding hydrogens is 395 g/mol. The van der Waals surface area contributed by atoms with E-state index in [1.54, 1.807) is 13.2 Å². The van der Waals surface area contributed by atoms with Crippen LogP contribution in [0.25, 0.3) is 28.4 Å². The minimum absolute atomic E-state index is 0.0365. The zero-order valence-corrected chi connectivity index (χ0v) is 17.7. The van der Waals surface area contributed by atoms with Gasteiger partial charge in [-0.25, -0.2) is 4.39 Å². The predicted octanol–water partition coefficient (Wildman–Crippen LogP) is 6.02. The van der Waals surface area contributed by atoms with Gasteiger partial charge < -0.3 is 9.26 Å². The number of methoxy groups -OCH3 is 1. The molecule has 1 aliphatic carbocycles. The summed E-state index contributed by atoms with van der Waals surface area (Å²) in [6, 6.07) is 10.3. The van der Waals surface area contributed by atoms with Gasteiger partial charge in [-0.3, -0.25) is 4.79 Å². The molecule has 4 rings (SSSR count). The van der Waals surface area contributed by atoms with Gasteiger partial charge in [0.1, 0.15) is 5.82 Å². The van der Waals surface area contributed by atoms with E-state index in [1.807, 2.05) is 12.1 Å². The highest BCUT2D eigenvalue weighted by Crippen LogP contribution is 2.33. The fourth-order valence-electron chi connectivity index (χ4n) is 3.83. The van der Waals surface area contributed by atoms with E-state index in [1.165, 1.54) is 30.2 Å². The number of aromatic nitrogens is 2. The van der Waals surface area contributed by atoms with Gasteiger partial charge in [0.15, 0.2) is 5.78 Å². The van der Waals surface area contributed by atoms with Crippen LogP contribution >= 0.6 is 0 Å². The Labute approximate surface area is 180 Å². The van der Waals surface area contributed by atoms with Crippen LogP contribution in [0, 0.1) is 5.82 Å². The Hall–Kier alpha value is -3.38. The first kappa shape index (κ1) is 20.9. The van der Waals surface area contributed by atoms with Gasteiger partial charge in [0.25, 0.3) is 5.89 Å². The molecule has 0 spiro atoms. The summed E-state index contributed by atoms with van der Waals surface area (Å²) < 4.78 is 25.1. The Morgan fingerprint density at radius 2 is 2.00 bits per heavy atom. The standard InChI is InChI=1S/C25H23FN2O3/c1-15-6-4-5-7-20(15)22-11-9-18(12-19(22)14-30-3)25-27-24(28-31-25)17-8-10-21(16(2)29)23(26)13-17/h4,6,8-13H,5,7,14H2,1-3H3. The third-order valence-electron chi connectivity index (χ3n) is 5.41. The molecule has 0 amide bonds. The van der Waals surface area contributed by atoms with Crippen LogP contribution in [0.15, 0.2) is 58.6 Å². The number of carbonyl (C=O) groups is 1. The quantitative estimate of drug-likeness (QED) is 0.458. The lowest BCUT2D eigenvalue weighted by Crippen LogP contribution is -2.00. The summed E-state index contributed by atoms with van der Waals surface area (Å²) in [7, 11) is 1.67. The Balaban J connectivity index is 1.69. The fraction of sp³-hybridized carbons (Fsp3) is 0.240. The molecule has 0 N–H and O–H groups in total. The predicted molar refractivity (Wildman–Crippen MR) is 117 cm³/mol. The second-order valence-electron chi connectivity index (χ2n) is 7.58. The van der Waals surface area contributed by atoms with E-state index in [9.17, 15) is 9.18 Å². The minimum atomic E-state index is -0.603. The first-order valence-electron chi connectivity index (χ1n) is 10.1. The summed E-state index contributed by atoms with van der Waals surface area (Å²) in [5.74, 6) is -0.336. The summed E-state index contributed by atoms with van der Waals surface area (Å²) in [5.41, 5.74) is 6.02. The number of hydrogen-bond donors (Lipinski definition) is 0. The Morgan fingerprint density at radius 1 is 1.19 bits per heavy atom. The van der Waals surface area contributed by atoms with Crippen molar-refractivity contribution in [3.63, 3.8) is 0 Å². The van der Waals surface area contributed by atoms with Crippen molar-refractivity contribution in [3.8, 4) is 22.8 Å². The SMILES string of the molecule is COCc1cc(-c2nc(-c3ccc(C(C)=O)c(F)c3)no2)ccc1C1=C(C)C=CCC1. The van der Waals surface area contributed by atoms with Crippen LogP contribution in [0.4, 0.5) is 4.39 Å². The molecule has 1 aliphatic rings. The van der Waals surface area contributed by atoms with Gasteiger partial charge in [-0.2, -0.15) is 4.98 Å². The van der Waals surface area contributed by atoms with Gasteiger partial charge in [0.2, 0.25) is 5.82 Å². The Kier molecular flexibility index (Phi) is 5.91. The molecule has 3 aromatic rings. The van der Waals surface area contributed by atoms with Crippen LogP contribution in [0.5, 0.6) is 0 Å². The van der Waals surface area contributed by atoms with Crippen molar-refractivity contribution in [2.24, 2.45) is 0 Å². The first-order valence-corrected chi connectivity index (χ1v) is 10.1. The molecule has 0 radical (unpaired) electrons. The van der Waals surface area contributed by atoms with Gasteiger partial charge in [0.05, 0.1) is 12.2 Å². The topological polar surface area (TPSA) is 65.2 Å². The molecule has 158 valence electrons. The summed E-state index contributed by atoms with van der Waals surface area (Å²) >= 11 is 0. The normalized spacial score (nSPS) is 13.7. The smallest absolute Gasteiger partial charge is 0.258 e. The average molecular weight is 418 g/mol. The highest BCUT2D eigenvalue weighted by Gasteiger charge is 2.17. The molecule has 0 unspecified atom stereocenters. The molecule has 2 aromatic carbocycles. The van der Waals surface area contributed by atoms with E-state index in [0.29, 0.717) is 18.1 Å². The van der Waals surface area contributed by atoms with Crippen LogP contribution in [0.1, 0.15) is 48.2 Å². The lowest BCUT2D eigenvalue weighted by atomic mass is 9.89. The van der Waals surface area contributed by atoms with Crippen LogP contribution in [-0.2, 0) is 11.3 Å². The van der Waals surface area contributed by atoms with E-state index in [4.69, 9.17) is 9.26 Å². The van der Waals surface area contributed by atoms with Crippen molar-refractivity contribution >= 4 is 11.4 Å². The highest BCUT2D eigenvalue weighted by atomic mass is 19.1. The molecule has 6 heteroatoms. The number of allylic oxidation sites excluding steroid dienone is 4. The maximum absolute atomic E-state index is 14.2. The molecule has 1 heterocycles. The molecule has 0 fully saturated rings. The number of rotatable bonds is 6. The van der Waals surface area contributed by atoms with E-state index in [-0.39, 0.29) is 17.2 Å². The lowest BCUT2D eigenvalue weighted by Gasteiger charge is -2.17. The van der Waals surface area contributed by atoms with Crippen LogP contribution < -0.4 is 0 Å². The van der Waals surface area contributed by atoms with Crippen molar-refractivity contribution in [1.82, 2.24) is 10.1 Å². The fourth-order valence-corrected chi connectivity index (χ4v) is 3.83. The monoisotopic (exact) mass is 418 g/mol. The number of carbonyl (C=O) groups excluding carboxylic acids is 1. The van der Waals surface area contributed by atoms with Crippen molar-refractivity contribution in [2.75, 3.05) is 7.11 Å². The van der Waals surface area contributed by atoms with Gasteiger partial charge in [-0.15, -0.1) is 0 Å². The van der Waals surface area contributed by atoms with Gasteiger partial charge in [0, 0.05) is 18.2 Å². The zero-order valence-electron chi connectivity index (χ0n) is 17.7. The van der Waals surface area contributed by atoms with Gasteiger partial charge in [-0.1, -0.05) is 29.4 Å². The second kappa shape index (κ2) is 8.78. The summed E-state index contributed by atoms with van der Waals surface area (Å²) in [4.78, 5) is 15.9. The second-order valence-corrected chi connectivity index (χ2v) is 7.58. The molecule has 0 saturated heterocycles. The van der Waals surface area contributed by atoms with Crippen molar-refractivity contribution in [2.45, 2.75) is 33.3 Å². The van der Waals surface area contributed by atoms with E-state index >= 15 is 0 Å². The molecule has 0 saturated carbocycles. The number of ether oxygens (including phenoxy) is 1. The molecular formula is C25H23FN2O3. The Morgan fingerprint density at radius 3 is 2.71 bits per heavy atom. The molecule has 0 aliphatic heterocycles. The van der Waals surface area contributed by atoms with E-state index in [0.717, 1.165) is 29.5 Å². The summed E-state index contributed by atoms with van der Waals surface area (Å²) in [6.07, 6.45) is 6.36. The van der Waals surface area contributed by atoms with Crippen molar-refractivity contribution in [1.29, 1.82) is 0 Å². The molecule has 5 nitrogen and oxygen atoms in total. The third kappa shape index (κ3) is 4.25. The minimum Gasteiger partial charge on any atom is -0.380 e. The zero-order chi connectivity index (χ0) is 22.0. The summed E-state index contributed by atoms with van der Waals surface area (Å²) in [5, 5.41) is 3.99. The number of nitrogens with zero attached hydrogens (tertiary/aromatic N) is 2. The van der Waals surface area contributed by atoms with Crippen molar-refractivity contribution in [3.05, 3.63) is 76.6 Å².